The molecule has 0 spiro atoms. The smallest absolute Gasteiger partial charge is 0.238 e. The summed E-state index contributed by atoms with van der Waals surface area (Å²) in [6.07, 6.45) is 0. The minimum Gasteiger partial charge on any atom is -0.492 e. The summed E-state index contributed by atoms with van der Waals surface area (Å²) in [5, 5.41) is 8.49. The van der Waals surface area contributed by atoms with Crippen LogP contribution in [0.15, 0.2) is 53.4 Å². The van der Waals surface area contributed by atoms with E-state index in [4.69, 9.17) is 9.88 Å². The molecule has 7 heteroatoms. The van der Waals surface area contributed by atoms with E-state index in [0.717, 1.165) is 26.2 Å². The predicted molar refractivity (Wildman–Crippen MR) is 93.7 cm³/mol. The van der Waals surface area contributed by atoms with Crippen LogP contribution in [0.3, 0.4) is 0 Å². The first kappa shape index (κ1) is 16.8. The van der Waals surface area contributed by atoms with Crippen molar-refractivity contribution in [2.75, 3.05) is 31.1 Å². The van der Waals surface area contributed by atoms with E-state index in [9.17, 15) is 8.42 Å². The van der Waals surface area contributed by atoms with Gasteiger partial charge in [0, 0.05) is 25.3 Å². The molecule has 0 fully saturated rings. The van der Waals surface area contributed by atoms with Crippen LogP contribution in [0.2, 0.25) is 0 Å². The van der Waals surface area contributed by atoms with Gasteiger partial charge in [-0.15, -0.1) is 0 Å². The average molecular weight is 347 g/mol. The number of ether oxygens (including phenoxy) is 1. The Morgan fingerprint density at radius 2 is 1.88 bits per heavy atom. The normalized spacial score (nSPS) is 14.8. The van der Waals surface area contributed by atoms with Gasteiger partial charge in [0.2, 0.25) is 10.0 Å². The summed E-state index contributed by atoms with van der Waals surface area (Å²) in [7, 11) is -3.67. The Morgan fingerprint density at radius 1 is 1.12 bits per heavy atom. The first-order chi connectivity index (χ1) is 11.5. The van der Waals surface area contributed by atoms with Gasteiger partial charge in [-0.05, 0) is 35.9 Å². The third kappa shape index (κ3) is 4.05. The summed E-state index contributed by atoms with van der Waals surface area (Å²) in [6.45, 7) is 4.00. The van der Waals surface area contributed by atoms with Gasteiger partial charge in [-0.1, -0.05) is 18.2 Å². The highest BCUT2D eigenvalue weighted by atomic mass is 32.2. The maximum absolute atomic E-state index is 11.2. The Morgan fingerprint density at radius 3 is 2.62 bits per heavy atom. The van der Waals surface area contributed by atoms with E-state index in [1.165, 1.54) is 23.4 Å². The minimum absolute atomic E-state index is 0.0855. The number of para-hydroxylation sites is 1. The number of anilines is 1. The van der Waals surface area contributed by atoms with Crippen LogP contribution in [0.1, 0.15) is 5.56 Å². The molecular weight excluding hydrogens is 326 g/mol. The van der Waals surface area contributed by atoms with Crippen LogP contribution in [0.4, 0.5) is 5.69 Å². The fourth-order valence-electron chi connectivity index (χ4n) is 2.76. The lowest BCUT2D eigenvalue weighted by Gasteiger charge is -2.24. The monoisotopic (exact) mass is 347 g/mol. The molecule has 0 aliphatic carbocycles. The van der Waals surface area contributed by atoms with E-state index in [-0.39, 0.29) is 4.90 Å². The van der Waals surface area contributed by atoms with Crippen molar-refractivity contribution >= 4 is 15.7 Å². The van der Waals surface area contributed by atoms with Gasteiger partial charge in [0.1, 0.15) is 12.4 Å². The van der Waals surface area contributed by atoms with E-state index in [1.807, 2.05) is 12.1 Å². The molecule has 0 unspecified atom stereocenters. The molecule has 2 aromatic rings. The van der Waals surface area contributed by atoms with Crippen molar-refractivity contribution in [1.29, 1.82) is 0 Å². The summed E-state index contributed by atoms with van der Waals surface area (Å²) in [5.41, 5.74) is 2.52. The lowest BCUT2D eigenvalue weighted by molar-refractivity contribution is 0.323. The first-order valence-corrected chi connectivity index (χ1v) is 9.38. The van der Waals surface area contributed by atoms with Crippen LogP contribution in [-0.2, 0) is 16.6 Å². The Labute approximate surface area is 142 Å². The zero-order valence-electron chi connectivity index (χ0n) is 13.3. The Hall–Kier alpha value is -2.09. The average Bonchev–Trinajstić information content (AvgIpc) is 2.77. The predicted octanol–water partition coefficient (Wildman–Crippen LogP) is 1.32. The van der Waals surface area contributed by atoms with E-state index < -0.39 is 10.0 Å². The molecule has 2 aromatic carbocycles. The Kier molecular flexibility index (Phi) is 5.03. The van der Waals surface area contributed by atoms with E-state index in [2.05, 4.69) is 22.3 Å². The molecule has 0 radical (unpaired) electrons. The highest BCUT2D eigenvalue weighted by molar-refractivity contribution is 7.89. The number of hydrogen-bond acceptors (Lipinski definition) is 5. The molecule has 1 aliphatic heterocycles. The molecule has 6 nitrogen and oxygen atoms in total. The molecule has 1 heterocycles. The number of sulfonamides is 1. The quantitative estimate of drug-likeness (QED) is 0.852. The lowest BCUT2D eigenvalue weighted by Crippen LogP contribution is -2.32. The van der Waals surface area contributed by atoms with Crippen molar-refractivity contribution in [1.82, 2.24) is 5.32 Å². The molecular formula is C17H21N3O3S. The first-order valence-electron chi connectivity index (χ1n) is 7.83. The molecule has 1 aliphatic rings. The van der Waals surface area contributed by atoms with Gasteiger partial charge in [-0.2, -0.15) is 0 Å². The largest absolute Gasteiger partial charge is 0.492 e. The number of nitrogens with one attached hydrogen (secondary N) is 1. The summed E-state index contributed by atoms with van der Waals surface area (Å²) in [6, 6.07) is 14.5. The van der Waals surface area contributed by atoms with Gasteiger partial charge in [0.25, 0.3) is 0 Å². The van der Waals surface area contributed by atoms with Crippen molar-refractivity contribution in [3.63, 3.8) is 0 Å². The van der Waals surface area contributed by atoms with Gasteiger partial charge in [0.15, 0.2) is 0 Å². The fraction of sp³-hybridized carbons (Fsp3) is 0.294. The number of nitrogens with zero attached hydrogens (tertiary/aromatic N) is 1. The lowest BCUT2D eigenvalue weighted by atomic mass is 10.1. The highest BCUT2D eigenvalue weighted by Gasteiger charge is 2.14. The van der Waals surface area contributed by atoms with Crippen LogP contribution in [0, 0.1) is 0 Å². The zero-order valence-corrected chi connectivity index (χ0v) is 14.1. The number of hydrogen-bond donors (Lipinski definition) is 2. The van der Waals surface area contributed by atoms with Crippen LogP contribution in [0.5, 0.6) is 5.75 Å². The summed E-state index contributed by atoms with van der Waals surface area (Å²) >= 11 is 0. The number of fused-ring (bicyclic) bond motifs is 1. The minimum atomic E-state index is -3.67. The van der Waals surface area contributed by atoms with Gasteiger partial charge in [-0.25, -0.2) is 13.6 Å². The summed E-state index contributed by atoms with van der Waals surface area (Å²) in [5.74, 6) is 0.628. The van der Waals surface area contributed by atoms with Crippen LogP contribution in [-0.4, -0.2) is 34.7 Å². The third-order valence-electron chi connectivity index (χ3n) is 3.99. The second-order valence-electron chi connectivity index (χ2n) is 5.66. The molecule has 0 bridgehead atoms. The molecule has 24 heavy (non-hydrogen) atoms. The summed E-state index contributed by atoms with van der Waals surface area (Å²) < 4.78 is 28.2. The number of nitrogens with two attached hydrogens (primary N) is 1. The maximum atomic E-state index is 11.2. The maximum Gasteiger partial charge on any atom is 0.238 e. The highest BCUT2D eigenvalue weighted by Crippen LogP contribution is 2.22. The molecule has 0 atom stereocenters. The van der Waals surface area contributed by atoms with Gasteiger partial charge in [0.05, 0.1) is 11.4 Å². The fourth-order valence-corrected chi connectivity index (χ4v) is 3.27. The van der Waals surface area contributed by atoms with Crippen molar-refractivity contribution in [3.8, 4) is 5.75 Å². The zero-order chi connectivity index (χ0) is 17.0. The second-order valence-corrected chi connectivity index (χ2v) is 7.22. The van der Waals surface area contributed by atoms with Crippen molar-refractivity contribution < 1.29 is 13.2 Å². The second kappa shape index (κ2) is 7.21. The van der Waals surface area contributed by atoms with Crippen LogP contribution >= 0.6 is 0 Å². The van der Waals surface area contributed by atoms with E-state index in [1.54, 1.807) is 12.1 Å². The molecule has 0 saturated heterocycles. The SMILES string of the molecule is NS(=O)(=O)c1ccc(OCCN2CCNCc3ccccc32)cc1. The number of primary sulfonamides is 1. The number of rotatable bonds is 5. The molecule has 0 saturated carbocycles. The van der Waals surface area contributed by atoms with E-state index >= 15 is 0 Å². The Bertz CT molecular complexity index is 791. The van der Waals surface area contributed by atoms with Gasteiger partial charge in [-0.3, -0.25) is 0 Å². The number of benzene rings is 2. The van der Waals surface area contributed by atoms with Crippen molar-refractivity contribution in [2.24, 2.45) is 5.14 Å². The van der Waals surface area contributed by atoms with Gasteiger partial charge < -0.3 is 15.0 Å². The molecule has 0 amide bonds. The van der Waals surface area contributed by atoms with E-state index in [0.29, 0.717) is 12.4 Å². The Balaban J connectivity index is 1.60. The topological polar surface area (TPSA) is 84.7 Å². The third-order valence-corrected chi connectivity index (χ3v) is 4.92. The molecule has 3 N–H and O–H groups in total. The van der Waals surface area contributed by atoms with Crippen molar-refractivity contribution in [2.45, 2.75) is 11.4 Å². The van der Waals surface area contributed by atoms with Crippen LogP contribution < -0.4 is 20.1 Å². The summed E-state index contributed by atoms with van der Waals surface area (Å²) in [4.78, 5) is 2.39. The van der Waals surface area contributed by atoms with Gasteiger partial charge >= 0.3 is 0 Å². The molecule has 3 rings (SSSR count). The molecule has 128 valence electrons. The standard InChI is InChI=1S/C17H21N3O3S/c18-24(21,22)16-7-5-15(6-8-16)23-12-11-20-10-9-19-13-14-3-1-2-4-17(14)20/h1-8,19H,9-13H2,(H2,18,21,22). The van der Waals surface area contributed by atoms with Crippen molar-refractivity contribution in [3.05, 3.63) is 54.1 Å². The molecule has 0 aromatic heterocycles. The van der Waals surface area contributed by atoms with Crippen LogP contribution in [0.25, 0.3) is 0 Å².